The van der Waals surface area contributed by atoms with Gasteiger partial charge in [-0.1, -0.05) is 6.07 Å². The Morgan fingerprint density at radius 1 is 1.23 bits per heavy atom. The molecule has 0 spiro atoms. The average Bonchev–Trinajstić information content (AvgIpc) is 2.58. The lowest BCUT2D eigenvalue weighted by Gasteiger charge is -2.33. The molecule has 0 aromatic carbocycles. The zero-order valence-electron chi connectivity index (χ0n) is 12.6. The molecule has 0 unspecified atom stereocenters. The number of aromatic nitrogens is 2. The molecular formula is C17H18N4O. The fourth-order valence-corrected chi connectivity index (χ4v) is 2.62. The highest BCUT2D eigenvalue weighted by Gasteiger charge is 2.23. The third kappa shape index (κ3) is 3.17. The summed E-state index contributed by atoms with van der Waals surface area (Å²) in [5.41, 5.74) is 1.75. The molecule has 0 bridgehead atoms. The van der Waals surface area contributed by atoms with Crippen molar-refractivity contribution >= 4 is 5.82 Å². The lowest BCUT2D eigenvalue weighted by Crippen LogP contribution is -2.39. The van der Waals surface area contributed by atoms with Crippen molar-refractivity contribution in [3.63, 3.8) is 0 Å². The summed E-state index contributed by atoms with van der Waals surface area (Å²) < 4.78 is 5.93. The highest BCUT2D eigenvalue weighted by molar-refractivity contribution is 5.53. The Labute approximate surface area is 130 Å². The van der Waals surface area contributed by atoms with Gasteiger partial charge < -0.3 is 9.64 Å². The van der Waals surface area contributed by atoms with Crippen molar-refractivity contribution < 1.29 is 4.74 Å². The molecule has 1 aliphatic rings. The number of piperidine rings is 1. The maximum absolute atomic E-state index is 9.17. The average molecular weight is 294 g/mol. The van der Waals surface area contributed by atoms with E-state index in [2.05, 4.69) is 20.9 Å². The molecule has 0 saturated carbocycles. The van der Waals surface area contributed by atoms with E-state index in [1.807, 2.05) is 25.3 Å². The first-order valence-electron chi connectivity index (χ1n) is 7.45. The van der Waals surface area contributed by atoms with Crippen LogP contribution in [0, 0.1) is 18.3 Å². The molecule has 2 aromatic rings. The van der Waals surface area contributed by atoms with Gasteiger partial charge in [0.15, 0.2) is 0 Å². The number of pyridine rings is 2. The van der Waals surface area contributed by atoms with Crippen LogP contribution in [0.3, 0.4) is 0 Å². The lowest BCUT2D eigenvalue weighted by molar-refractivity contribution is 0.163. The summed E-state index contributed by atoms with van der Waals surface area (Å²) in [5, 5.41) is 9.17. The number of rotatable bonds is 3. The van der Waals surface area contributed by atoms with Gasteiger partial charge >= 0.3 is 0 Å². The molecule has 0 radical (unpaired) electrons. The van der Waals surface area contributed by atoms with Crippen molar-refractivity contribution in [2.24, 2.45) is 0 Å². The van der Waals surface area contributed by atoms with Gasteiger partial charge in [0.05, 0.1) is 5.56 Å². The van der Waals surface area contributed by atoms with Crippen LogP contribution in [0.4, 0.5) is 5.82 Å². The highest BCUT2D eigenvalue weighted by Crippen LogP contribution is 2.23. The predicted molar refractivity (Wildman–Crippen MR) is 83.8 cm³/mol. The number of hydrogen-bond donors (Lipinski definition) is 0. The van der Waals surface area contributed by atoms with Gasteiger partial charge in [0.1, 0.15) is 18.0 Å². The van der Waals surface area contributed by atoms with Crippen LogP contribution in [0.1, 0.15) is 24.0 Å². The third-order valence-electron chi connectivity index (χ3n) is 3.82. The van der Waals surface area contributed by atoms with Crippen molar-refractivity contribution in [1.82, 2.24) is 9.97 Å². The van der Waals surface area contributed by atoms with Crippen LogP contribution in [0.25, 0.3) is 0 Å². The summed E-state index contributed by atoms with van der Waals surface area (Å²) >= 11 is 0. The molecule has 3 heterocycles. The Morgan fingerprint density at radius 2 is 2.05 bits per heavy atom. The van der Waals surface area contributed by atoms with Crippen LogP contribution in [0.2, 0.25) is 0 Å². The van der Waals surface area contributed by atoms with Gasteiger partial charge in [-0.05, 0) is 24.6 Å². The van der Waals surface area contributed by atoms with E-state index in [1.165, 1.54) is 0 Å². The highest BCUT2D eigenvalue weighted by atomic mass is 16.5. The van der Waals surface area contributed by atoms with Crippen LogP contribution in [0.5, 0.6) is 5.88 Å². The predicted octanol–water partition coefficient (Wildman–Crippen LogP) is 2.70. The molecule has 0 atom stereocenters. The Bertz CT molecular complexity index is 670. The summed E-state index contributed by atoms with van der Waals surface area (Å²) in [6.45, 7) is 3.68. The summed E-state index contributed by atoms with van der Waals surface area (Å²) in [7, 11) is 0. The second-order valence-corrected chi connectivity index (χ2v) is 5.46. The molecule has 0 N–H and O–H groups in total. The third-order valence-corrected chi connectivity index (χ3v) is 3.82. The summed E-state index contributed by atoms with van der Waals surface area (Å²) in [4.78, 5) is 10.8. The molecule has 0 aliphatic carbocycles. The lowest BCUT2D eigenvalue weighted by atomic mass is 10.1. The van der Waals surface area contributed by atoms with Crippen molar-refractivity contribution in [2.45, 2.75) is 25.9 Å². The molecule has 2 aromatic heterocycles. The molecule has 5 nitrogen and oxygen atoms in total. The van der Waals surface area contributed by atoms with Crippen LogP contribution >= 0.6 is 0 Å². The van der Waals surface area contributed by atoms with Crippen LogP contribution in [0.15, 0.2) is 36.7 Å². The van der Waals surface area contributed by atoms with E-state index in [-0.39, 0.29) is 6.10 Å². The fourth-order valence-electron chi connectivity index (χ4n) is 2.62. The molecular weight excluding hydrogens is 276 g/mol. The van der Waals surface area contributed by atoms with Crippen molar-refractivity contribution in [1.29, 1.82) is 5.26 Å². The summed E-state index contributed by atoms with van der Waals surface area (Å²) in [6, 6.07) is 9.72. The van der Waals surface area contributed by atoms with Crippen LogP contribution < -0.4 is 9.64 Å². The molecule has 112 valence electrons. The Hall–Kier alpha value is -2.61. The van der Waals surface area contributed by atoms with E-state index in [9.17, 15) is 0 Å². The van der Waals surface area contributed by atoms with Gasteiger partial charge in [0.25, 0.3) is 0 Å². The summed E-state index contributed by atoms with van der Waals surface area (Å²) in [6.07, 6.45) is 5.52. The van der Waals surface area contributed by atoms with Crippen LogP contribution in [-0.2, 0) is 0 Å². The minimum atomic E-state index is 0.167. The maximum atomic E-state index is 9.17. The second kappa shape index (κ2) is 6.44. The Balaban J connectivity index is 1.61. The Morgan fingerprint density at radius 3 is 2.73 bits per heavy atom. The SMILES string of the molecule is Cc1ccc(OC2CCN(c3ncccc3C#N)CC2)nc1. The first kappa shape index (κ1) is 14.3. The second-order valence-electron chi connectivity index (χ2n) is 5.46. The number of aryl methyl sites for hydroxylation is 1. The van der Waals surface area contributed by atoms with E-state index < -0.39 is 0 Å². The minimum Gasteiger partial charge on any atom is -0.474 e. The van der Waals surface area contributed by atoms with Gasteiger partial charge in [0.2, 0.25) is 5.88 Å². The topological polar surface area (TPSA) is 62.0 Å². The normalized spacial score (nSPS) is 15.4. The molecule has 22 heavy (non-hydrogen) atoms. The van der Waals surface area contributed by atoms with Gasteiger partial charge in [0, 0.05) is 44.4 Å². The number of nitriles is 1. The molecule has 5 heteroatoms. The van der Waals surface area contributed by atoms with E-state index >= 15 is 0 Å². The molecule has 1 aliphatic heterocycles. The van der Waals surface area contributed by atoms with E-state index in [1.54, 1.807) is 18.3 Å². The van der Waals surface area contributed by atoms with Gasteiger partial charge in [-0.25, -0.2) is 9.97 Å². The summed E-state index contributed by atoms with van der Waals surface area (Å²) in [5.74, 6) is 1.46. The first-order chi connectivity index (χ1) is 10.8. The monoisotopic (exact) mass is 294 g/mol. The number of ether oxygens (including phenoxy) is 1. The molecule has 3 rings (SSSR count). The van der Waals surface area contributed by atoms with Gasteiger partial charge in [-0.3, -0.25) is 0 Å². The molecule has 1 fully saturated rings. The van der Waals surface area contributed by atoms with Crippen molar-refractivity contribution in [3.8, 4) is 11.9 Å². The first-order valence-corrected chi connectivity index (χ1v) is 7.45. The minimum absolute atomic E-state index is 0.167. The quantitative estimate of drug-likeness (QED) is 0.871. The van der Waals surface area contributed by atoms with E-state index in [4.69, 9.17) is 10.00 Å². The van der Waals surface area contributed by atoms with Crippen molar-refractivity contribution in [2.75, 3.05) is 18.0 Å². The zero-order chi connectivity index (χ0) is 15.4. The largest absolute Gasteiger partial charge is 0.474 e. The number of nitrogens with zero attached hydrogens (tertiary/aromatic N) is 4. The Kier molecular flexibility index (Phi) is 4.19. The van der Waals surface area contributed by atoms with Crippen LogP contribution in [-0.4, -0.2) is 29.2 Å². The molecule has 1 saturated heterocycles. The molecule has 0 amide bonds. The zero-order valence-corrected chi connectivity index (χ0v) is 12.6. The van der Waals surface area contributed by atoms with Crippen molar-refractivity contribution in [3.05, 3.63) is 47.8 Å². The number of hydrogen-bond acceptors (Lipinski definition) is 5. The fraction of sp³-hybridized carbons (Fsp3) is 0.353. The maximum Gasteiger partial charge on any atom is 0.213 e. The number of anilines is 1. The van der Waals surface area contributed by atoms with E-state index in [0.717, 1.165) is 37.3 Å². The smallest absolute Gasteiger partial charge is 0.213 e. The van der Waals surface area contributed by atoms with Gasteiger partial charge in [-0.15, -0.1) is 0 Å². The standard InChI is InChI=1S/C17H18N4O/c1-13-4-5-16(20-12-13)22-15-6-9-21(10-7-15)17-14(11-18)3-2-8-19-17/h2-5,8,12,15H,6-7,9-10H2,1H3. The van der Waals surface area contributed by atoms with E-state index in [0.29, 0.717) is 11.4 Å². The van der Waals surface area contributed by atoms with Gasteiger partial charge in [-0.2, -0.15) is 5.26 Å².